The summed E-state index contributed by atoms with van der Waals surface area (Å²) in [6, 6.07) is 10.4. The number of nitrogens with one attached hydrogen (secondary N) is 2. The Morgan fingerprint density at radius 1 is 1.19 bits per heavy atom. The van der Waals surface area contributed by atoms with Gasteiger partial charge in [0.2, 0.25) is 10.0 Å². The Morgan fingerprint density at radius 2 is 1.92 bits per heavy atom. The number of hydrogen-bond acceptors (Lipinski definition) is 8. The van der Waals surface area contributed by atoms with Crippen LogP contribution in [0.4, 0.5) is 4.79 Å². The van der Waals surface area contributed by atoms with E-state index in [4.69, 9.17) is 14.6 Å². The largest absolute Gasteiger partial charge is 0.497 e. The summed E-state index contributed by atoms with van der Waals surface area (Å²) in [5.74, 6) is 0.304. The predicted molar refractivity (Wildman–Crippen MR) is 139 cm³/mol. The maximum absolute atomic E-state index is 13.0. The van der Waals surface area contributed by atoms with Gasteiger partial charge in [-0.15, -0.1) is 0 Å². The molecule has 0 fully saturated rings. The zero-order valence-corrected chi connectivity index (χ0v) is 22.1. The lowest BCUT2D eigenvalue weighted by Crippen LogP contribution is -2.46. The van der Waals surface area contributed by atoms with Gasteiger partial charge in [-0.2, -0.15) is 0 Å². The molecular weight excluding hydrogens is 518 g/mol. The molecule has 1 aromatic heterocycles. The number of thioether (sulfide) groups is 1. The van der Waals surface area contributed by atoms with Crippen LogP contribution < -0.4 is 20.5 Å². The third-order valence-corrected chi connectivity index (χ3v) is 7.69. The summed E-state index contributed by atoms with van der Waals surface area (Å²) in [4.78, 5) is 30.2. The molecule has 0 spiro atoms. The standard InChI is InChI=1S/C24H27N5O6S2/c1-4-29-19-11-10-16(37(25,32)33)12-17(19)27-24(29)36-13-18-20(22(30)35-5-2)21(28-23(31)26-18)14-6-8-15(34-3)9-7-14/h6-12,21H,4-5,13H2,1-3H3,(H2,25,32,33)(H2,26,28,31). The van der Waals surface area contributed by atoms with Crippen molar-refractivity contribution in [3.63, 3.8) is 0 Å². The van der Waals surface area contributed by atoms with Crippen molar-refractivity contribution in [1.82, 2.24) is 20.2 Å². The van der Waals surface area contributed by atoms with Crippen LogP contribution in [0, 0.1) is 0 Å². The topological polar surface area (TPSA) is 155 Å². The molecule has 196 valence electrons. The third-order valence-electron chi connectivity index (χ3n) is 5.77. The highest BCUT2D eigenvalue weighted by Gasteiger charge is 2.34. The minimum absolute atomic E-state index is 0.0300. The maximum atomic E-state index is 13.0. The van der Waals surface area contributed by atoms with Gasteiger partial charge in [0.25, 0.3) is 0 Å². The molecule has 1 unspecified atom stereocenters. The fraction of sp³-hybridized carbons (Fsp3) is 0.292. The van der Waals surface area contributed by atoms with E-state index in [0.29, 0.717) is 34.2 Å². The molecule has 2 amide bonds. The second-order valence-corrected chi connectivity index (χ2v) is 10.5. The molecular formula is C24H27N5O6S2. The number of rotatable bonds is 9. The zero-order valence-electron chi connectivity index (χ0n) is 20.5. The van der Waals surface area contributed by atoms with E-state index in [9.17, 15) is 18.0 Å². The van der Waals surface area contributed by atoms with Crippen molar-refractivity contribution in [2.24, 2.45) is 5.14 Å². The van der Waals surface area contributed by atoms with E-state index >= 15 is 0 Å². The van der Waals surface area contributed by atoms with Gasteiger partial charge in [0.1, 0.15) is 5.75 Å². The molecule has 37 heavy (non-hydrogen) atoms. The highest BCUT2D eigenvalue weighted by Crippen LogP contribution is 2.32. The van der Waals surface area contributed by atoms with Gasteiger partial charge < -0.3 is 24.7 Å². The Kier molecular flexibility index (Phi) is 7.76. The van der Waals surface area contributed by atoms with Crippen molar-refractivity contribution >= 4 is 44.8 Å². The predicted octanol–water partition coefficient (Wildman–Crippen LogP) is 2.68. The van der Waals surface area contributed by atoms with E-state index in [2.05, 4.69) is 15.6 Å². The number of carbonyl (C=O) groups excluding carboxylic acids is 2. The van der Waals surface area contributed by atoms with Crippen molar-refractivity contribution in [2.75, 3.05) is 19.5 Å². The highest BCUT2D eigenvalue weighted by molar-refractivity contribution is 7.99. The number of imidazole rings is 1. The van der Waals surface area contributed by atoms with Crippen LogP contribution in [0.2, 0.25) is 0 Å². The molecule has 3 aromatic rings. The summed E-state index contributed by atoms with van der Waals surface area (Å²) in [6.45, 7) is 4.39. The van der Waals surface area contributed by atoms with E-state index in [1.165, 1.54) is 23.9 Å². The number of urea groups is 1. The first kappa shape index (κ1) is 26.5. The second kappa shape index (κ2) is 10.8. The van der Waals surface area contributed by atoms with E-state index in [1.807, 2.05) is 11.5 Å². The number of benzene rings is 2. The van der Waals surface area contributed by atoms with E-state index in [-0.39, 0.29) is 22.8 Å². The Hall–Kier alpha value is -3.55. The number of carbonyl (C=O) groups is 2. The molecule has 4 rings (SSSR count). The van der Waals surface area contributed by atoms with Crippen molar-refractivity contribution in [3.8, 4) is 5.75 Å². The molecule has 0 aliphatic carbocycles. The first-order valence-corrected chi connectivity index (χ1v) is 14.0. The number of aromatic nitrogens is 2. The maximum Gasteiger partial charge on any atom is 0.338 e. The average Bonchev–Trinajstić information content (AvgIpc) is 3.23. The van der Waals surface area contributed by atoms with Crippen LogP contribution in [0.5, 0.6) is 5.75 Å². The molecule has 11 nitrogen and oxygen atoms in total. The average molecular weight is 546 g/mol. The SMILES string of the molecule is CCOC(=O)C1=C(CSc2nc3cc(S(N)(=O)=O)ccc3n2CC)NC(=O)NC1c1ccc(OC)cc1. The molecule has 0 bridgehead atoms. The van der Waals surface area contributed by atoms with Gasteiger partial charge in [0.15, 0.2) is 5.16 Å². The zero-order chi connectivity index (χ0) is 26.7. The number of sulfonamides is 1. The molecule has 2 aromatic carbocycles. The van der Waals surface area contributed by atoms with Crippen LogP contribution in [0.15, 0.2) is 63.8 Å². The van der Waals surface area contributed by atoms with Crippen LogP contribution in [-0.4, -0.2) is 49.4 Å². The van der Waals surface area contributed by atoms with Crippen molar-refractivity contribution in [1.29, 1.82) is 0 Å². The molecule has 0 saturated carbocycles. The van der Waals surface area contributed by atoms with Gasteiger partial charge in [-0.05, 0) is 49.7 Å². The van der Waals surface area contributed by atoms with Crippen molar-refractivity contribution in [2.45, 2.75) is 36.5 Å². The lowest BCUT2D eigenvalue weighted by Gasteiger charge is -2.29. The molecule has 13 heteroatoms. The fourth-order valence-corrected chi connectivity index (χ4v) is 5.63. The third kappa shape index (κ3) is 5.58. The highest BCUT2D eigenvalue weighted by atomic mass is 32.2. The molecule has 0 saturated heterocycles. The minimum atomic E-state index is -3.88. The molecule has 1 aliphatic rings. The summed E-state index contributed by atoms with van der Waals surface area (Å²) < 4.78 is 36.0. The Morgan fingerprint density at radius 3 is 2.54 bits per heavy atom. The number of primary sulfonamides is 1. The fourth-order valence-electron chi connectivity index (χ4n) is 4.05. The number of hydrogen-bond donors (Lipinski definition) is 3. The van der Waals surface area contributed by atoms with Crippen molar-refractivity contribution < 1.29 is 27.5 Å². The number of fused-ring (bicyclic) bond motifs is 1. The van der Waals surface area contributed by atoms with Crippen molar-refractivity contribution in [3.05, 3.63) is 59.3 Å². The number of nitrogens with zero attached hydrogens (tertiary/aromatic N) is 2. The van der Waals surface area contributed by atoms with Crippen LogP contribution >= 0.6 is 11.8 Å². The van der Waals surface area contributed by atoms with Gasteiger partial charge >= 0.3 is 12.0 Å². The lowest BCUT2D eigenvalue weighted by molar-refractivity contribution is -0.139. The molecule has 0 radical (unpaired) electrons. The summed E-state index contributed by atoms with van der Waals surface area (Å²) >= 11 is 1.30. The smallest absolute Gasteiger partial charge is 0.338 e. The minimum Gasteiger partial charge on any atom is -0.497 e. The monoisotopic (exact) mass is 545 g/mol. The van der Waals surface area contributed by atoms with Crippen LogP contribution in [-0.2, 0) is 26.1 Å². The van der Waals surface area contributed by atoms with Crippen LogP contribution in [0.1, 0.15) is 25.5 Å². The Bertz CT molecular complexity index is 1480. The first-order valence-electron chi connectivity index (χ1n) is 11.4. The lowest BCUT2D eigenvalue weighted by atomic mass is 9.95. The summed E-state index contributed by atoms with van der Waals surface area (Å²) in [5.41, 5.74) is 2.59. The Balaban J connectivity index is 1.72. The van der Waals surface area contributed by atoms with E-state index in [0.717, 1.165) is 5.52 Å². The van der Waals surface area contributed by atoms with Gasteiger partial charge in [-0.3, -0.25) is 0 Å². The number of nitrogens with two attached hydrogens (primary N) is 1. The van der Waals surface area contributed by atoms with Gasteiger partial charge in [-0.25, -0.2) is 28.1 Å². The first-order chi connectivity index (χ1) is 17.7. The van der Waals surface area contributed by atoms with Crippen LogP contribution in [0.25, 0.3) is 11.0 Å². The van der Waals surface area contributed by atoms with E-state index < -0.39 is 28.1 Å². The van der Waals surface area contributed by atoms with E-state index in [1.54, 1.807) is 44.4 Å². The van der Waals surface area contributed by atoms with Gasteiger partial charge in [0.05, 0.1) is 41.3 Å². The van der Waals surface area contributed by atoms with Crippen LogP contribution in [0.3, 0.4) is 0 Å². The van der Waals surface area contributed by atoms with Gasteiger partial charge in [-0.1, -0.05) is 23.9 Å². The number of esters is 1. The summed E-state index contributed by atoms with van der Waals surface area (Å²) in [5, 5.41) is 11.4. The second-order valence-electron chi connectivity index (χ2n) is 8.04. The van der Waals surface area contributed by atoms with Gasteiger partial charge in [0, 0.05) is 18.0 Å². The number of aryl methyl sites for hydroxylation is 1. The quantitative estimate of drug-likeness (QED) is 0.274. The number of methoxy groups -OCH3 is 1. The summed E-state index contributed by atoms with van der Waals surface area (Å²) in [6.07, 6.45) is 0. The number of amides is 2. The molecule has 4 N–H and O–H groups in total. The molecule has 1 atom stereocenters. The Labute approximate surface area is 218 Å². The molecule has 1 aliphatic heterocycles. The summed E-state index contributed by atoms with van der Waals surface area (Å²) in [7, 11) is -2.32. The normalized spacial score (nSPS) is 15.9. The number of ether oxygens (including phenoxy) is 2. The molecule has 2 heterocycles.